The second-order valence-electron chi connectivity index (χ2n) is 5.17. The van der Waals surface area contributed by atoms with E-state index in [9.17, 15) is 9.59 Å². The Morgan fingerprint density at radius 3 is 2.47 bits per heavy atom. The van der Waals surface area contributed by atoms with E-state index in [1.165, 1.54) is 0 Å². The Labute approximate surface area is 113 Å². The van der Waals surface area contributed by atoms with Crippen molar-refractivity contribution in [3.8, 4) is 0 Å². The van der Waals surface area contributed by atoms with Crippen LogP contribution in [-0.4, -0.2) is 22.6 Å². The van der Waals surface area contributed by atoms with Crippen LogP contribution in [0.2, 0.25) is 0 Å². The molecule has 0 fully saturated rings. The van der Waals surface area contributed by atoms with Crippen LogP contribution in [0.15, 0.2) is 24.3 Å². The number of nitrogens with one attached hydrogen (secondary N) is 2. The highest BCUT2D eigenvalue weighted by molar-refractivity contribution is 5.90. The van der Waals surface area contributed by atoms with E-state index < -0.39 is 11.5 Å². The monoisotopic (exact) mass is 264 g/mol. The van der Waals surface area contributed by atoms with Crippen LogP contribution in [0.1, 0.15) is 32.3 Å². The number of carboxylic acids is 1. The molecule has 5 heteroatoms. The molecule has 0 saturated heterocycles. The topological polar surface area (TPSA) is 78.4 Å². The zero-order chi connectivity index (χ0) is 14.5. The normalized spacial score (nSPS) is 10.9. The summed E-state index contributed by atoms with van der Waals surface area (Å²) in [5.41, 5.74) is 1.15. The van der Waals surface area contributed by atoms with Gasteiger partial charge in [0, 0.05) is 17.6 Å². The zero-order valence-electron chi connectivity index (χ0n) is 11.5. The second kappa shape index (κ2) is 6.22. The van der Waals surface area contributed by atoms with E-state index in [1.54, 1.807) is 13.8 Å². The number of carbonyl (C=O) groups is 2. The maximum Gasteiger partial charge on any atom is 0.319 e. The molecule has 0 spiro atoms. The third-order valence-electron chi connectivity index (χ3n) is 2.81. The Bertz CT molecular complexity index is 470. The molecule has 0 atom stereocenters. The first-order valence-corrected chi connectivity index (χ1v) is 6.17. The lowest BCUT2D eigenvalue weighted by molar-refractivity contribution is -0.137. The van der Waals surface area contributed by atoms with E-state index in [4.69, 9.17) is 5.11 Å². The van der Waals surface area contributed by atoms with Crippen LogP contribution >= 0.6 is 0 Å². The van der Waals surface area contributed by atoms with Crippen molar-refractivity contribution in [2.45, 2.75) is 39.2 Å². The number of urea groups is 1. The third kappa shape index (κ3) is 5.42. The number of amides is 2. The standard InChI is InChI=1S/C14H20N2O3/c1-10-6-4-5-7-11(10)15-13(19)16-14(2,3)9-8-12(17)18/h4-7H,8-9H2,1-3H3,(H,17,18)(H2,15,16,19). The zero-order valence-corrected chi connectivity index (χ0v) is 11.5. The third-order valence-corrected chi connectivity index (χ3v) is 2.81. The summed E-state index contributed by atoms with van der Waals surface area (Å²) in [6.45, 7) is 5.51. The van der Waals surface area contributed by atoms with Crippen molar-refractivity contribution >= 4 is 17.7 Å². The van der Waals surface area contributed by atoms with Crippen molar-refractivity contribution in [1.29, 1.82) is 0 Å². The predicted octanol–water partition coefficient (Wildman–Crippen LogP) is 2.76. The molecule has 0 saturated carbocycles. The average molecular weight is 264 g/mol. The highest BCUT2D eigenvalue weighted by Gasteiger charge is 2.21. The Hall–Kier alpha value is -2.04. The summed E-state index contributed by atoms with van der Waals surface area (Å²) in [6, 6.07) is 7.14. The summed E-state index contributed by atoms with van der Waals surface area (Å²) in [5, 5.41) is 14.2. The first-order valence-electron chi connectivity index (χ1n) is 6.17. The Kier molecular flexibility index (Phi) is 4.92. The van der Waals surface area contributed by atoms with Gasteiger partial charge in [0.25, 0.3) is 0 Å². The number of rotatable bonds is 5. The van der Waals surface area contributed by atoms with Crippen LogP contribution in [-0.2, 0) is 4.79 Å². The molecule has 5 nitrogen and oxygen atoms in total. The molecule has 0 bridgehead atoms. The fourth-order valence-electron chi connectivity index (χ4n) is 1.66. The molecule has 1 aromatic rings. The predicted molar refractivity (Wildman–Crippen MR) is 74.3 cm³/mol. The molecule has 1 rings (SSSR count). The van der Waals surface area contributed by atoms with Crippen molar-refractivity contribution in [3.05, 3.63) is 29.8 Å². The Morgan fingerprint density at radius 2 is 1.89 bits per heavy atom. The highest BCUT2D eigenvalue weighted by Crippen LogP contribution is 2.15. The van der Waals surface area contributed by atoms with Gasteiger partial charge in [0.1, 0.15) is 0 Å². The quantitative estimate of drug-likeness (QED) is 0.765. The minimum Gasteiger partial charge on any atom is -0.481 e. The number of hydrogen-bond donors (Lipinski definition) is 3. The number of aliphatic carboxylic acids is 1. The van der Waals surface area contributed by atoms with Gasteiger partial charge in [0.2, 0.25) is 0 Å². The summed E-state index contributed by atoms with van der Waals surface area (Å²) in [5.74, 6) is -0.866. The number of carbonyl (C=O) groups excluding carboxylic acids is 1. The summed E-state index contributed by atoms with van der Waals surface area (Å²) in [6.07, 6.45) is 0.404. The fourth-order valence-corrected chi connectivity index (χ4v) is 1.66. The summed E-state index contributed by atoms with van der Waals surface area (Å²) in [7, 11) is 0. The van der Waals surface area contributed by atoms with Crippen molar-refractivity contribution in [2.24, 2.45) is 0 Å². The number of anilines is 1. The average Bonchev–Trinajstić information content (AvgIpc) is 2.29. The van der Waals surface area contributed by atoms with E-state index in [0.29, 0.717) is 6.42 Å². The number of para-hydroxylation sites is 1. The molecule has 0 aliphatic carbocycles. The molecule has 19 heavy (non-hydrogen) atoms. The molecule has 104 valence electrons. The fraction of sp³-hybridized carbons (Fsp3) is 0.429. The lowest BCUT2D eigenvalue weighted by Gasteiger charge is -2.26. The van der Waals surface area contributed by atoms with Crippen LogP contribution in [0.4, 0.5) is 10.5 Å². The van der Waals surface area contributed by atoms with Crippen molar-refractivity contribution < 1.29 is 14.7 Å². The van der Waals surface area contributed by atoms with Gasteiger partial charge in [-0.05, 0) is 38.8 Å². The van der Waals surface area contributed by atoms with Gasteiger partial charge in [0.05, 0.1) is 0 Å². The van der Waals surface area contributed by atoms with Crippen LogP contribution in [0.5, 0.6) is 0 Å². The Balaban J connectivity index is 2.55. The molecule has 2 amide bonds. The first-order chi connectivity index (χ1) is 8.80. The lowest BCUT2D eigenvalue weighted by atomic mass is 9.99. The lowest BCUT2D eigenvalue weighted by Crippen LogP contribution is -2.45. The number of carboxylic acid groups (broad SMARTS) is 1. The number of benzene rings is 1. The van der Waals surface area contributed by atoms with Crippen LogP contribution in [0.25, 0.3) is 0 Å². The SMILES string of the molecule is Cc1ccccc1NC(=O)NC(C)(C)CCC(=O)O. The van der Waals surface area contributed by atoms with E-state index in [0.717, 1.165) is 11.3 Å². The molecule has 0 radical (unpaired) electrons. The second-order valence-corrected chi connectivity index (χ2v) is 5.17. The molecule has 0 heterocycles. The summed E-state index contributed by atoms with van der Waals surface area (Å²) < 4.78 is 0. The van der Waals surface area contributed by atoms with Gasteiger partial charge in [-0.3, -0.25) is 4.79 Å². The van der Waals surface area contributed by atoms with Gasteiger partial charge >= 0.3 is 12.0 Å². The van der Waals surface area contributed by atoms with Gasteiger partial charge in [-0.25, -0.2) is 4.79 Å². The summed E-state index contributed by atoms with van der Waals surface area (Å²) >= 11 is 0. The van der Waals surface area contributed by atoms with Crippen molar-refractivity contribution in [3.63, 3.8) is 0 Å². The smallest absolute Gasteiger partial charge is 0.319 e. The molecule has 3 N–H and O–H groups in total. The first kappa shape index (κ1) is 15.0. The largest absolute Gasteiger partial charge is 0.481 e. The van der Waals surface area contributed by atoms with Gasteiger partial charge in [-0.1, -0.05) is 18.2 Å². The van der Waals surface area contributed by atoms with Crippen LogP contribution in [0.3, 0.4) is 0 Å². The molecule has 1 aromatic carbocycles. The Morgan fingerprint density at radius 1 is 1.26 bits per heavy atom. The highest BCUT2D eigenvalue weighted by atomic mass is 16.4. The van der Waals surface area contributed by atoms with E-state index in [-0.39, 0.29) is 12.5 Å². The van der Waals surface area contributed by atoms with Gasteiger partial charge < -0.3 is 15.7 Å². The molecular formula is C14H20N2O3. The molecular weight excluding hydrogens is 244 g/mol. The number of aryl methyl sites for hydroxylation is 1. The van der Waals surface area contributed by atoms with Gasteiger partial charge in [-0.2, -0.15) is 0 Å². The van der Waals surface area contributed by atoms with Crippen molar-refractivity contribution in [1.82, 2.24) is 5.32 Å². The van der Waals surface area contributed by atoms with Gasteiger partial charge in [0.15, 0.2) is 0 Å². The minimum atomic E-state index is -0.866. The molecule has 0 unspecified atom stereocenters. The molecule has 0 aromatic heterocycles. The van der Waals surface area contributed by atoms with E-state index in [2.05, 4.69) is 10.6 Å². The molecule has 0 aliphatic heterocycles. The maximum atomic E-state index is 11.9. The number of hydrogen-bond acceptors (Lipinski definition) is 2. The van der Waals surface area contributed by atoms with Crippen molar-refractivity contribution in [2.75, 3.05) is 5.32 Å². The van der Waals surface area contributed by atoms with Crippen LogP contribution < -0.4 is 10.6 Å². The van der Waals surface area contributed by atoms with E-state index in [1.807, 2.05) is 31.2 Å². The van der Waals surface area contributed by atoms with Gasteiger partial charge in [-0.15, -0.1) is 0 Å². The molecule has 0 aliphatic rings. The minimum absolute atomic E-state index is 0.0254. The maximum absolute atomic E-state index is 11.9. The summed E-state index contributed by atoms with van der Waals surface area (Å²) in [4.78, 5) is 22.4. The van der Waals surface area contributed by atoms with Crippen LogP contribution in [0, 0.1) is 6.92 Å². The van der Waals surface area contributed by atoms with E-state index >= 15 is 0 Å².